The Morgan fingerprint density at radius 2 is 1.83 bits per heavy atom. The number of allylic oxidation sites excluding steroid dienone is 1. The summed E-state index contributed by atoms with van der Waals surface area (Å²) in [6.45, 7) is 5.87. The fourth-order valence-corrected chi connectivity index (χ4v) is 3.01. The van der Waals surface area contributed by atoms with Crippen LogP contribution in [0.1, 0.15) is 18.1 Å². The molecule has 0 bridgehead atoms. The van der Waals surface area contributed by atoms with Gasteiger partial charge in [0.1, 0.15) is 5.84 Å². The number of aliphatic imine (C=N–C) groups is 2. The van der Waals surface area contributed by atoms with Crippen molar-refractivity contribution in [2.45, 2.75) is 6.92 Å². The topological polar surface area (TPSA) is 89.6 Å². The normalized spacial score (nSPS) is 12.5. The van der Waals surface area contributed by atoms with Gasteiger partial charge in [0.25, 0.3) is 0 Å². The molecule has 0 saturated carbocycles. The molecule has 5 nitrogen and oxygen atoms in total. The van der Waals surface area contributed by atoms with Crippen molar-refractivity contribution in [1.29, 1.82) is 0 Å². The third-order valence-electron chi connectivity index (χ3n) is 3.38. The molecule has 0 unspecified atom stereocenters. The quantitative estimate of drug-likeness (QED) is 0.565. The second-order valence-electron chi connectivity index (χ2n) is 5.29. The molecule has 3 aromatic rings. The van der Waals surface area contributed by atoms with E-state index in [0.29, 0.717) is 11.0 Å². The lowest BCUT2D eigenvalue weighted by atomic mass is 10.1. The van der Waals surface area contributed by atoms with E-state index < -0.39 is 0 Å². The van der Waals surface area contributed by atoms with Crippen LogP contribution in [0.3, 0.4) is 0 Å². The maximum Gasteiger partial charge on any atom is 0.224 e. The first kappa shape index (κ1) is 15.9. The van der Waals surface area contributed by atoms with Crippen molar-refractivity contribution in [3.05, 3.63) is 66.2 Å². The average Bonchev–Trinajstić information content (AvgIpc) is 2.96. The van der Waals surface area contributed by atoms with Gasteiger partial charge in [-0.2, -0.15) is 9.98 Å². The zero-order valence-electron chi connectivity index (χ0n) is 13.2. The number of amidine groups is 1. The first-order chi connectivity index (χ1) is 11.5. The molecular formula is C18H17N5S. The molecule has 0 aliphatic carbocycles. The van der Waals surface area contributed by atoms with Crippen molar-refractivity contribution in [2.75, 3.05) is 0 Å². The molecule has 1 aromatic heterocycles. The maximum absolute atomic E-state index is 6.04. The highest BCUT2D eigenvalue weighted by atomic mass is 32.1. The molecule has 0 saturated heterocycles. The second kappa shape index (κ2) is 6.64. The van der Waals surface area contributed by atoms with E-state index in [9.17, 15) is 0 Å². The molecule has 0 amide bonds. The van der Waals surface area contributed by atoms with Gasteiger partial charge in [-0.25, -0.2) is 4.98 Å². The lowest BCUT2D eigenvalue weighted by molar-refractivity contribution is 1.35. The van der Waals surface area contributed by atoms with Crippen LogP contribution in [0.4, 0.5) is 5.13 Å². The Labute approximate surface area is 144 Å². The number of benzene rings is 2. The van der Waals surface area contributed by atoms with Crippen LogP contribution in [0.5, 0.6) is 0 Å². The first-order valence-electron chi connectivity index (χ1n) is 7.33. The van der Waals surface area contributed by atoms with E-state index >= 15 is 0 Å². The molecule has 0 aliphatic heterocycles. The summed E-state index contributed by atoms with van der Waals surface area (Å²) >= 11 is 1.45. The molecule has 0 spiro atoms. The van der Waals surface area contributed by atoms with Crippen molar-refractivity contribution in [2.24, 2.45) is 21.5 Å². The smallest absolute Gasteiger partial charge is 0.224 e. The SMILES string of the molecule is C=C(C)c1cccc(C(N)=NC(N)=Nc2nc3ccccc3s2)c1. The molecule has 24 heavy (non-hydrogen) atoms. The van der Waals surface area contributed by atoms with Gasteiger partial charge in [-0.1, -0.05) is 53.8 Å². The van der Waals surface area contributed by atoms with Crippen molar-refractivity contribution in [1.82, 2.24) is 4.98 Å². The van der Waals surface area contributed by atoms with Crippen molar-refractivity contribution >= 4 is 44.1 Å². The van der Waals surface area contributed by atoms with Gasteiger partial charge in [0, 0.05) is 5.56 Å². The molecule has 120 valence electrons. The fourth-order valence-electron chi connectivity index (χ4n) is 2.16. The van der Waals surface area contributed by atoms with E-state index in [-0.39, 0.29) is 5.96 Å². The Morgan fingerprint density at radius 3 is 2.58 bits per heavy atom. The van der Waals surface area contributed by atoms with Crippen LogP contribution in [0, 0.1) is 0 Å². The largest absolute Gasteiger partial charge is 0.383 e. The van der Waals surface area contributed by atoms with Gasteiger partial charge in [0.05, 0.1) is 10.2 Å². The summed E-state index contributed by atoms with van der Waals surface area (Å²) in [5.41, 5.74) is 15.6. The summed E-state index contributed by atoms with van der Waals surface area (Å²) < 4.78 is 1.05. The minimum absolute atomic E-state index is 0.0762. The van der Waals surface area contributed by atoms with Gasteiger partial charge >= 0.3 is 0 Å². The van der Waals surface area contributed by atoms with Crippen LogP contribution in [0.25, 0.3) is 15.8 Å². The predicted molar refractivity (Wildman–Crippen MR) is 103 cm³/mol. The molecule has 2 aromatic carbocycles. The third-order valence-corrected chi connectivity index (χ3v) is 4.31. The van der Waals surface area contributed by atoms with E-state index in [0.717, 1.165) is 26.9 Å². The summed E-state index contributed by atoms with van der Waals surface area (Å²) in [7, 11) is 0. The van der Waals surface area contributed by atoms with Crippen LogP contribution in [0.2, 0.25) is 0 Å². The summed E-state index contributed by atoms with van der Waals surface area (Å²) in [6.07, 6.45) is 0. The van der Waals surface area contributed by atoms with Crippen LogP contribution >= 0.6 is 11.3 Å². The highest BCUT2D eigenvalue weighted by molar-refractivity contribution is 7.22. The summed E-state index contributed by atoms with van der Waals surface area (Å²) in [5.74, 6) is 0.382. The van der Waals surface area contributed by atoms with Gasteiger partial charge in [0.2, 0.25) is 11.1 Å². The average molecular weight is 335 g/mol. The molecular weight excluding hydrogens is 318 g/mol. The Hall–Kier alpha value is -2.99. The van der Waals surface area contributed by atoms with E-state index in [1.54, 1.807) is 0 Å². The third kappa shape index (κ3) is 3.49. The van der Waals surface area contributed by atoms with E-state index in [2.05, 4.69) is 21.5 Å². The fraction of sp³-hybridized carbons (Fsp3) is 0.0556. The highest BCUT2D eigenvalue weighted by Crippen LogP contribution is 2.27. The second-order valence-corrected chi connectivity index (χ2v) is 6.30. The Balaban J connectivity index is 1.88. The van der Waals surface area contributed by atoms with Crippen molar-refractivity contribution < 1.29 is 0 Å². The number of hydrogen-bond donors (Lipinski definition) is 2. The predicted octanol–water partition coefficient (Wildman–Crippen LogP) is 3.68. The Bertz CT molecular complexity index is 935. The van der Waals surface area contributed by atoms with E-state index in [1.165, 1.54) is 11.3 Å². The van der Waals surface area contributed by atoms with Gasteiger partial charge in [-0.05, 0) is 30.7 Å². The van der Waals surface area contributed by atoms with Crippen molar-refractivity contribution in [3.63, 3.8) is 0 Å². The number of hydrogen-bond acceptors (Lipinski definition) is 3. The molecule has 6 heteroatoms. The number of fused-ring (bicyclic) bond motifs is 1. The number of nitrogens with two attached hydrogens (primary N) is 2. The highest BCUT2D eigenvalue weighted by Gasteiger charge is 2.04. The lowest BCUT2D eigenvalue weighted by Gasteiger charge is -2.04. The summed E-state index contributed by atoms with van der Waals surface area (Å²) in [5, 5.41) is 0.556. The number of nitrogens with zero attached hydrogens (tertiary/aromatic N) is 3. The monoisotopic (exact) mass is 335 g/mol. The molecule has 4 N–H and O–H groups in total. The Kier molecular flexibility index (Phi) is 4.39. The van der Waals surface area contributed by atoms with Gasteiger partial charge < -0.3 is 11.5 Å². The Morgan fingerprint density at radius 1 is 1.08 bits per heavy atom. The van der Waals surface area contributed by atoms with Crippen LogP contribution in [0.15, 0.2) is 65.1 Å². The van der Waals surface area contributed by atoms with Gasteiger partial charge in [-0.15, -0.1) is 0 Å². The van der Waals surface area contributed by atoms with E-state index in [4.69, 9.17) is 11.5 Å². The first-order valence-corrected chi connectivity index (χ1v) is 8.15. The minimum atomic E-state index is 0.0762. The number of rotatable bonds is 3. The maximum atomic E-state index is 6.04. The van der Waals surface area contributed by atoms with Crippen LogP contribution < -0.4 is 11.5 Å². The molecule has 0 radical (unpaired) electrons. The van der Waals surface area contributed by atoms with Gasteiger partial charge in [0.15, 0.2) is 0 Å². The zero-order chi connectivity index (χ0) is 17.1. The molecule has 0 atom stereocenters. The number of para-hydroxylation sites is 1. The summed E-state index contributed by atoms with van der Waals surface area (Å²) in [6, 6.07) is 15.5. The minimum Gasteiger partial charge on any atom is -0.383 e. The van der Waals surface area contributed by atoms with Gasteiger partial charge in [-0.3, -0.25) is 0 Å². The lowest BCUT2D eigenvalue weighted by Crippen LogP contribution is -2.19. The van der Waals surface area contributed by atoms with Crippen LogP contribution in [-0.2, 0) is 0 Å². The molecule has 0 fully saturated rings. The number of aromatic nitrogens is 1. The van der Waals surface area contributed by atoms with Crippen LogP contribution in [-0.4, -0.2) is 16.8 Å². The van der Waals surface area contributed by atoms with Crippen molar-refractivity contribution in [3.8, 4) is 0 Å². The molecule has 1 heterocycles. The zero-order valence-corrected chi connectivity index (χ0v) is 14.0. The number of guanidine groups is 1. The standard InChI is InChI=1S/C18H17N5S/c1-11(2)12-6-5-7-13(10-12)16(19)22-17(20)23-18-21-14-8-3-4-9-15(14)24-18/h3-10H,1H2,2H3,(H4,19,20,21,22,23). The molecule has 0 aliphatic rings. The summed E-state index contributed by atoms with van der Waals surface area (Å²) in [4.78, 5) is 12.8. The molecule has 3 rings (SSSR count). The van der Waals surface area contributed by atoms with E-state index in [1.807, 2.05) is 55.5 Å². The number of thiazole rings is 1.